The van der Waals surface area contributed by atoms with Crippen molar-refractivity contribution >= 4 is 33.2 Å². The number of ether oxygens (including phenoxy) is 1. The molecule has 1 aliphatic rings. The quantitative estimate of drug-likeness (QED) is 0.508. The molecule has 4 rings (SSSR count). The fourth-order valence-electron chi connectivity index (χ4n) is 3.66. The van der Waals surface area contributed by atoms with E-state index in [2.05, 4.69) is 14.7 Å². The van der Waals surface area contributed by atoms with Crippen molar-refractivity contribution in [3.8, 4) is 0 Å². The van der Waals surface area contributed by atoms with Crippen LogP contribution in [0.4, 0.5) is 0 Å². The van der Waals surface area contributed by atoms with Gasteiger partial charge in [-0.15, -0.1) is 11.3 Å². The summed E-state index contributed by atoms with van der Waals surface area (Å²) >= 11 is 0.994. The lowest BCUT2D eigenvalue weighted by molar-refractivity contribution is 0.0595. The van der Waals surface area contributed by atoms with Gasteiger partial charge in [-0.3, -0.25) is 9.78 Å². The molecule has 3 aromatic rings. The molecule has 0 unspecified atom stereocenters. The molecular formula is C22H22N4O5S2. The average molecular weight is 487 g/mol. The predicted molar refractivity (Wildman–Crippen MR) is 121 cm³/mol. The van der Waals surface area contributed by atoms with Crippen LogP contribution in [0.2, 0.25) is 0 Å². The molecule has 0 spiro atoms. The number of carbonyl (C=O) groups is 2. The zero-order valence-electron chi connectivity index (χ0n) is 17.9. The van der Waals surface area contributed by atoms with E-state index in [0.29, 0.717) is 29.8 Å². The minimum atomic E-state index is -3.96. The van der Waals surface area contributed by atoms with E-state index in [9.17, 15) is 18.0 Å². The number of sulfonamides is 1. The summed E-state index contributed by atoms with van der Waals surface area (Å²) < 4.78 is 33.6. The number of esters is 1. The fourth-order valence-corrected chi connectivity index (χ4v) is 6.64. The topological polar surface area (TPSA) is 119 Å². The lowest BCUT2D eigenvalue weighted by Crippen LogP contribution is -2.36. The van der Waals surface area contributed by atoms with Crippen molar-refractivity contribution in [1.82, 2.24) is 19.6 Å². The SMILES string of the molecule is COC(=O)c1c(S(=O)(=O)NCCc2ccccc2)sc2c1CCN(C(=O)c1cnccn1)C2. The van der Waals surface area contributed by atoms with Gasteiger partial charge in [0, 0.05) is 30.4 Å². The third-order valence-electron chi connectivity index (χ3n) is 5.28. The zero-order chi connectivity index (χ0) is 23.4. The molecule has 1 N–H and O–H groups in total. The maximum absolute atomic E-state index is 13.1. The molecule has 33 heavy (non-hydrogen) atoms. The lowest BCUT2D eigenvalue weighted by atomic mass is 10.0. The number of hydrogen-bond donors (Lipinski definition) is 1. The molecule has 9 nitrogen and oxygen atoms in total. The molecule has 0 saturated carbocycles. The fraction of sp³-hybridized carbons (Fsp3) is 0.273. The molecule has 0 saturated heterocycles. The van der Waals surface area contributed by atoms with Crippen LogP contribution < -0.4 is 4.72 Å². The number of carbonyl (C=O) groups excluding carboxylic acids is 2. The van der Waals surface area contributed by atoms with E-state index in [1.165, 1.54) is 25.7 Å². The van der Waals surface area contributed by atoms with Gasteiger partial charge >= 0.3 is 5.97 Å². The highest BCUT2D eigenvalue weighted by Gasteiger charge is 2.35. The summed E-state index contributed by atoms with van der Waals surface area (Å²) in [6.45, 7) is 0.690. The highest BCUT2D eigenvalue weighted by atomic mass is 32.2. The Bertz CT molecular complexity index is 1260. The van der Waals surface area contributed by atoms with Crippen molar-refractivity contribution in [2.75, 3.05) is 20.2 Å². The first kappa shape index (κ1) is 23.0. The van der Waals surface area contributed by atoms with Crippen LogP contribution in [0.25, 0.3) is 0 Å². The van der Waals surface area contributed by atoms with Crippen molar-refractivity contribution in [2.24, 2.45) is 0 Å². The van der Waals surface area contributed by atoms with Crippen LogP contribution >= 0.6 is 11.3 Å². The van der Waals surface area contributed by atoms with E-state index in [1.807, 2.05) is 30.3 Å². The Morgan fingerprint density at radius 3 is 2.70 bits per heavy atom. The summed E-state index contributed by atoms with van der Waals surface area (Å²) in [5, 5.41) is 0. The predicted octanol–water partition coefficient (Wildman–Crippen LogP) is 2.04. The number of rotatable bonds is 7. The van der Waals surface area contributed by atoms with E-state index < -0.39 is 16.0 Å². The number of thiophene rings is 1. The molecule has 0 bridgehead atoms. The van der Waals surface area contributed by atoms with Crippen LogP contribution in [-0.4, -0.2) is 55.4 Å². The maximum Gasteiger partial charge on any atom is 0.340 e. The first-order valence-electron chi connectivity index (χ1n) is 10.2. The molecule has 3 heterocycles. The molecule has 172 valence electrons. The second-order valence-corrected chi connectivity index (χ2v) is 10.4. The van der Waals surface area contributed by atoms with Gasteiger partial charge in [-0.25, -0.2) is 22.9 Å². The minimum Gasteiger partial charge on any atom is -0.465 e. The second-order valence-electron chi connectivity index (χ2n) is 7.36. The average Bonchev–Trinajstić information content (AvgIpc) is 3.24. The zero-order valence-corrected chi connectivity index (χ0v) is 19.5. The third kappa shape index (κ3) is 4.95. The summed E-state index contributed by atoms with van der Waals surface area (Å²) in [6, 6.07) is 9.51. The molecule has 11 heteroatoms. The minimum absolute atomic E-state index is 0.0521. The van der Waals surface area contributed by atoms with Crippen LogP contribution in [0.5, 0.6) is 0 Å². The van der Waals surface area contributed by atoms with Crippen molar-refractivity contribution in [3.05, 3.63) is 76.2 Å². The third-order valence-corrected chi connectivity index (χ3v) is 8.47. The molecule has 0 radical (unpaired) electrons. The van der Waals surface area contributed by atoms with Gasteiger partial charge in [0.2, 0.25) is 0 Å². The largest absolute Gasteiger partial charge is 0.465 e. The highest BCUT2D eigenvalue weighted by molar-refractivity contribution is 7.91. The standard InChI is InChI=1S/C22H22N4O5S2/c1-31-21(28)19-16-8-12-26(20(27)17-13-23-10-11-24-17)14-18(16)32-22(19)33(29,30)25-9-7-15-5-3-2-4-6-15/h2-6,10-11,13,25H,7-9,12,14H2,1H3. The Kier molecular flexibility index (Phi) is 6.82. The van der Waals surface area contributed by atoms with Crippen molar-refractivity contribution in [2.45, 2.75) is 23.6 Å². The number of nitrogens with zero attached hydrogens (tertiary/aromatic N) is 3. The molecule has 1 amide bonds. The maximum atomic E-state index is 13.1. The first-order chi connectivity index (χ1) is 15.9. The van der Waals surface area contributed by atoms with Gasteiger partial charge < -0.3 is 9.64 Å². The lowest BCUT2D eigenvalue weighted by Gasteiger charge is -2.26. The molecule has 1 aromatic carbocycles. The van der Waals surface area contributed by atoms with Gasteiger partial charge in [0.1, 0.15) is 9.90 Å². The van der Waals surface area contributed by atoms with Crippen molar-refractivity contribution in [3.63, 3.8) is 0 Å². The normalized spacial score (nSPS) is 13.4. The Morgan fingerprint density at radius 2 is 2.00 bits per heavy atom. The van der Waals surface area contributed by atoms with Crippen molar-refractivity contribution < 1.29 is 22.7 Å². The molecule has 1 aliphatic heterocycles. The summed E-state index contributed by atoms with van der Waals surface area (Å²) in [7, 11) is -2.74. The number of nitrogens with one attached hydrogen (secondary N) is 1. The van der Waals surface area contributed by atoms with Crippen LogP contribution in [0, 0.1) is 0 Å². The molecule has 2 aromatic heterocycles. The number of fused-ring (bicyclic) bond motifs is 1. The molecule has 0 atom stereocenters. The summed E-state index contributed by atoms with van der Waals surface area (Å²) in [4.78, 5) is 35.5. The van der Waals surface area contributed by atoms with Gasteiger partial charge in [-0.1, -0.05) is 30.3 Å². The van der Waals surface area contributed by atoms with Gasteiger partial charge in [0.25, 0.3) is 15.9 Å². The summed E-state index contributed by atoms with van der Waals surface area (Å²) in [5.74, 6) is -1.00. The Hall–Kier alpha value is -3.15. The second kappa shape index (κ2) is 9.77. The Labute approximate surface area is 195 Å². The van der Waals surface area contributed by atoms with Crippen LogP contribution in [0.15, 0.2) is 53.1 Å². The number of benzene rings is 1. The van der Waals surface area contributed by atoms with E-state index in [4.69, 9.17) is 4.74 Å². The molecule has 0 fully saturated rings. The highest BCUT2D eigenvalue weighted by Crippen LogP contribution is 2.36. The van der Waals surface area contributed by atoms with E-state index >= 15 is 0 Å². The van der Waals surface area contributed by atoms with Crippen molar-refractivity contribution in [1.29, 1.82) is 0 Å². The Balaban J connectivity index is 1.58. The van der Waals surface area contributed by atoms with Gasteiger partial charge in [-0.05, 0) is 24.0 Å². The van der Waals surface area contributed by atoms with E-state index in [1.54, 1.807) is 4.90 Å². The summed E-state index contributed by atoms with van der Waals surface area (Å²) in [5.41, 5.74) is 1.87. The van der Waals surface area contributed by atoms with Gasteiger partial charge in [-0.2, -0.15) is 0 Å². The van der Waals surface area contributed by atoms with Gasteiger partial charge in [0.05, 0.1) is 25.4 Å². The van der Waals surface area contributed by atoms with Crippen LogP contribution in [-0.2, 0) is 34.1 Å². The monoisotopic (exact) mass is 486 g/mol. The summed E-state index contributed by atoms with van der Waals surface area (Å²) in [6.07, 6.45) is 5.16. The van der Waals surface area contributed by atoms with Crippen LogP contribution in [0.1, 0.15) is 36.9 Å². The molecular weight excluding hydrogens is 464 g/mol. The van der Waals surface area contributed by atoms with Crippen LogP contribution in [0.3, 0.4) is 0 Å². The van der Waals surface area contributed by atoms with E-state index in [-0.39, 0.29) is 34.5 Å². The van der Waals surface area contributed by atoms with E-state index in [0.717, 1.165) is 16.9 Å². The first-order valence-corrected chi connectivity index (χ1v) is 12.5. The smallest absolute Gasteiger partial charge is 0.340 e. The number of aromatic nitrogens is 2. The number of hydrogen-bond acceptors (Lipinski definition) is 8. The number of methoxy groups -OCH3 is 1. The van der Waals surface area contributed by atoms with Gasteiger partial charge in [0.15, 0.2) is 0 Å². The Morgan fingerprint density at radius 1 is 1.21 bits per heavy atom. The molecule has 0 aliphatic carbocycles. The number of amides is 1.